The van der Waals surface area contributed by atoms with Crippen LogP contribution in [0.3, 0.4) is 0 Å². The van der Waals surface area contributed by atoms with Crippen LogP contribution in [0.1, 0.15) is 28.9 Å². The van der Waals surface area contributed by atoms with Crippen molar-refractivity contribution in [3.63, 3.8) is 0 Å². The molecular formula is C20H18N2O4. The summed E-state index contributed by atoms with van der Waals surface area (Å²) in [5, 5.41) is 12.7. The van der Waals surface area contributed by atoms with Crippen molar-refractivity contribution < 1.29 is 19.5 Å². The molecule has 1 atom stereocenters. The lowest BCUT2D eigenvalue weighted by Gasteiger charge is -2.15. The number of fused-ring (bicyclic) bond motifs is 1. The third kappa shape index (κ3) is 3.49. The van der Waals surface area contributed by atoms with Crippen LogP contribution in [0.25, 0.3) is 10.9 Å². The lowest BCUT2D eigenvalue weighted by atomic mass is 10.1. The van der Waals surface area contributed by atoms with Crippen LogP contribution in [0, 0.1) is 0 Å². The fourth-order valence-electron chi connectivity index (χ4n) is 2.95. The fraction of sp³-hybridized carbons (Fsp3) is 0.150. The van der Waals surface area contributed by atoms with Crippen LogP contribution in [-0.4, -0.2) is 27.3 Å². The Labute approximate surface area is 150 Å². The molecule has 0 aliphatic rings. The van der Waals surface area contributed by atoms with E-state index in [4.69, 9.17) is 0 Å². The minimum absolute atomic E-state index is 0.0790. The van der Waals surface area contributed by atoms with Gasteiger partial charge in [-0.05, 0) is 18.6 Å². The Morgan fingerprint density at radius 3 is 2.35 bits per heavy atom. The molecule has 2 N–H and O–H groups in total. The van der Waals surface area contributed by atoms with Crippen LogP contribution in [-0.2, 0) is 16.1 Å². The average molecular weight is 350 g/mol. The van der Waals surface area contributed by atoms with Gasteiger partial charge in [0.15, 0.2) is 11.8 Å². The van der Waals surface area contributed by atoms with E-state index in [-0.39, 0.29) is 12.3 Å². The Kier molecular flexibility index (Phi) is 4.84. The first kappa shape index (κ1) is 17.4. The molecular weight excluding hydrogens is 332 g/mol. The van der Waals surface area contributed by atoms with Gasteiger partial charge in [-0.15, -0.1) is 0 Å². The summed E-state index contributed by atoms with van der Waals surface area (Å²) in [5.41, 5.74) is 1.78. The second-order valence-electron chi connectivity index (χ2n) is 5.99. The van der Waals surface area contributed by atoms with E-state index >= 15 is 0 Å². The summed E-state index contributed by atoms with van der Waals surface area (Å²) >= 11 is 0. The van der Waals surface area contributed by atoms with Crippen molar-refractivity contribution in [3.8, 4) is 0 Å². The van der Waals surface area contributed by atoms with Crippen LogP contribution in [0.2, 0.25) is 0 Å². The van der Waals surface area contributed by atoms with Crippen molar-refractivity contribution in [2.75, 3.05) is 0 Å². The number of rotatable bonds is 6. The molecule has 2 aromatic carbocycles. The Balaban J connectivity index is 1.85. The molecule has 0 spiro atoms. The van der Waals surface area contributed by atoms with Crippen LogP contribution < -0.4 is 5.32 Å². The highest BCUT2D eigenvalue weighted by Gasteiger charge is 2.22. The minimum Gasteiger partial charge on any atom is -0.479 e. The SMILES string of the molecule is CC(=O)c1cn(CC(=O)NC(C(=O)O)c2ccccc2)c2ccccc12. The minimum atomic E-state index is -1.13. The summed E-state index contributed by atoms with van der Waals surface area (Å²) in [5.74, 6) is -1.67. The number of benzene rings is 2. The van der Waals surface area contributed by atoms with Crippen LogP contribution in [0.15, 0.2) is 60.8 Å². The summed E-state index contributed by atoms with van der Waals surface area (Å²) in [6.07, 6.45) is 1.63. The van der Waals surface area contributed by atoms with Gasteiger partial charge in [-0.2, -0.15) is 0 Å². The number of hydrogen-bond acceptors (Lipinski definition) is 3. The molecule has 1 unspecified atom stereocenters. The second kappa shape index (κ2) is 7.23. The number of hydrogen-bond donors (Lipinski definition) is 2. The van der Waals surface area contributed by atoms with Gasteiger partial charge in [0.2, 0.25) is 5.91 Å². The Morgan fingerprint density at radius 1 is 1.04 bits per heavy atom. The zero-order valence-electron chi connectivity index (χ0n) is 14.2. The number of aliphatic carboxylic acids is 1. The number of carboxylic acids is 1. The van der Waals surface area contributed by atoms with Crippen molar-refractivity contribution >= 4 is 28.6 Å². The van der Waals surface area contributed by atoms with Gasteiger partial charge in [0, 0.05) is 22.7 Å². The van der Waals surface area contributed by atoms with Crippen molar-refractivity contribution in [3.05, 3.63) is 71.9 Å². The molecule has 1 heterocycles. The largest absolute Gasteiger partial charge is 0.479 e. The molecule has 6 nitrogen and oxygen atoms in total. The second-order valence-corrected chi connectivity index (χ2v) is 5.99. The lowest BCUT2D eigenvalue weighted by Crippen LogP contribution is -2.35. The topological polar surface area (TPSA) is 88.4 Å². The van der Waals surface area contributed by atoms with Crippen LogP contribution >= 0.6 is 0 Å². The molecule has 3 rings (SSSR count). The fourth-order valence-corrected chi connectivity index (χ4v) is 2.95. The predicted octanol–water partition coefficient (Wildman–Crippen LogP) is 2.79. The standard InChI is InChI=1S/C20H18N2O4/c1-13(23)16-11-22(17-10-6-5-9-15(16)17)12-18(24)21-19(20(25)26)14-7-3-2-4-8-14/h2-11,19H,12H2,1H3,(H,21,24)(H,25,26). The molecule has 0 saturated heterocycles. The number of ketones is 1. The smallest absolute Gasteiger partial charge is 0.330 e. The van der Waals surface area contributed by atoms with E-state index < -0.39 is 17.9 Å². The molecule has 1 amide bonds. The molecule has 0 aliphatic heterocycles. The Bertz CT molecular complexity index is 976. The van der Waals surface area contributed by atoms with E-state index in [1.165, 1.54) is 6.92 Å². The summed E-state index contributed by atoms with van der Waals surface area (Å²) in [6, 6.07) is 14.7. The van der Waals surface area contributed by atoms with Crippen molar-refractivity contribution in [2.45, 2.75) is 19.5 Å². The van der Waals surface area contributed by atoms with Crippen molar-refractivity contribution in [2.24, 2.45) is 0 Å². The number of para-hydroxylation sites is 1. The number of nitrogens with one attached hydrogen (secondary N) is 1. The molecule has 0 fully saturated rings. The highest BCUT2D eigenvalue weighted by Crippen LogP contribution is 2.22. The molecule has 6 heteroatoms. The molecule has 0 aliphatic carbocycles. The summed E-state index contributed by atoms with van der Waals surface area (Å²) in [6.45, 7) is 1.40. The Hall–Kier alpha value is -3.41. The number of aromatic nitrogens is 1. The quantitative estimate of drug-likeness (QED) is 0.669. The third-order valence-corrected chi connectivity index (χ3v) is 4.17. The first-order valence-corrected chi connectivity index (χ1v) is 8.13. The lowest BCUT2D eigenvalue weighted by molar-refractivity contribution is -0.142. The van der Waals surface area contributed by atoms with Crippen LogP contribution in [0.4, 0.5) is 0 Å². The van der Waals surface area contributed by atoms with Gasteiger partial charge < -0.3 is 15.0 Å². The molecule has 0 bridgehead atoms. The average Bonchev–Trinajstić information content (AvgIpc) is 2.99. The van der Waals surface area contributed by atoms with E-state index in [1.54, 1.807) is 41.1 Å². The van der Waals surface area contributed by atoms with E-state index in [9.17, 15) is 19.5 Å². The number of amides is 1. The maximum atomic E-state index is 12.4. The van der Waals surface area contributed by atoms with E-state index in [1.807, 2.05) is 24.3 Å². The summed E-state index contributed by atoms with van der Waals surface area (Å²) in [4.78, 5) is 35.8. The molecule has 26 heavy (non-hydrogen) atoms. The number of carbonyl (C=O) groups is 3. The predicted molar refractivity (Wildman–Crippen MR) is 96.9 cm³/mol. The van der Waals surface area contributed by atoms with Gasteiger partial charge in [0.25, 0.3) is 0 Å². The molecule has 132 valence electrons. The molecule has 0 radical (unpaired) electrons. The molecule has 1 aromatic heterocycles. The van der Waals surface area contributed by atoms with Gasteiger partial charge in [-0.25, -0.2) is 4.79 Å². The summed E-state index contributed by atoms with van der Waals surface area (Å²) in [7, 11) is 0. The van der Waals surface area contributed by atoms with Gasteiger partial charge in [0.1, 0.15) is 6.54 Å². The maximum absolute atomic E-state index is 12.4. The van der Waals surface area contributed by atoms with Gasteiger partial charge in [-0.3, -0.25) is 9.59 Å². The van der Waals surface area contributed by atoms with Gasteiger partial charge in [0.05, 0.1) is 0 Å². The van der Waals surface area contributed by atoms with Crippen LogP contribution in [0.5, 0.6) is 0 Å². The van der Waals surface area contributed by atoms with E-state index in [0.717, 1.165) is 10.9 Å². The third-order valence-electron chi connectivity index (χ3n) is 4.17. The van der Waals surface area contributed by atoms with Crippen molar-refractivity contribution in [1.29, 1.82) is 0 Å². The van der Waals surface area contributed by atoms with Crippen molar-refractivity contribution in [1.82, 2.24) is 9.88 Å². The highest BCUT2D eigenvalue weighted by atomic mass is 16.4. The van der Waals surface area contributed by atoms with E-state index in [0.29, 0.717) is 11.1 Å². The number of nitrogens with zero attached hydrogens (tertiary/aromatic N) is 1. The van der Waals surface area contributed by atoms with E-state index in [2.05, 4.69) is 5.32 Å². The zero-order chi connectivity index (χ0) is 18.7. The number of carbonyl (C=O) groups excluding carboxylic acids is 2. The Morgan fingerprint density at radius 2 is 1.69 bits per heavy atom. The number of carboxylic acid groups (broad SMARTS) is 1. The summed E-state index contributed by atoms with van der Waals surface area (Å²) < 4.78 is 1.66. The first-order chi connectivity index (χ1) is 12.5. The molecule has 3 aromatic rings. The van der Waals surface area contributed by atoms with Gasteiger partial charge >= 0.3 is 5.97 Å². The molecule has 0 saturated carbocycles. The maximum Gasteiger partial charge on any atom is 0.330 e. The number of Topliss-reactive ketones (excluding diaryl/α,β-unsaturated/α-hetero) is 1. The monoisotopic (exact) mass is 350 g/mol. The zero-order valence-corrected chi connectivity index (χ0v) is 14.2. The first-order valence-electron chi connectivity index (χ1n) is 8.13. The highest BCUT2D eigenvalue weighted by molar-refractivity contribution is 6.07. The van der Waals surface area contributed by atoms with Gasteiger partial charge in [-0.1, -0.05) is 48.5 Å². The normalized spacial score (nSPS) is 11.9.